The van der Waals surface area contributed by atoms with E-state index >= 15 is 0 Å². The second-order valence-electron chi connectivity index (χ2n) is 6.39. The van der Waals surface area contributed by atoms with E-state index in [1.165, 1.54) is 5.56 Å². The zero-order valence-electron chi connectivity index (χ0n) is 15.1. The van der Waals surface area contributed by atoms with E-state index in [1.54, 1.807) is 7.11 Å². The summed E-state index contributed by atoms with van der Waals surface area (Å²) in [4.78, 5) is 4.47. The predicted octanol–water partition coefficient (Wildman–Crippen LogP) is 4.89. The molecule has 6 heteroatoms. The van der Waals surface area contributed by atoms with Crippen LogP contribution in [0.1, 0.15) is 31.3 Å². The van der Waals surface area contributed by atoms with Crippen LogP contribution in [0, 0.1) is 5.92 Å². The van der Waals surface area contributed by atoms with Gasteiger partial charge in [0.15, 0.2) is 0 Å². The van der Waals surface area contributed by atoms with Crippen LogP contribution in [0.25, 0.3) is 11.4 Å². The minimum absolute atomic E-state index is 0.170. The normalized spacial score (nSPS) is 12.3. The molecule has 0 amide bonds. The van der Waals surface area contributed by atoms with Crippen molar-refractivity contribution in [1.82, 2.24) is 15.5 Å². The molecule has 1 aromatic heterocycles. The number of ether oxygens (including phenoxy) is 1. The lowest BCUT2D eigenvalue weighted by atomic mass is 9.96. The first-order valence-corrected chi connectivity index (χ1v) is 8.90. The molecule has 1 heterocycles. The number of hydrogen-bond donors (Lipinski definition) is 1. The van der Waals surface area contributed by atoms with Crippen molar-refractivity contribution >= 4 is 11.6 Å². The Morgan fingerprint density at radius 2 is 1.77 bits per heavy atom. The number of methoxy groups -OCH3 is 1. The molecule has 0 saturated carbocycles. The summed E-state index contributed by atoms with van der Waals surface area (Å²) in [7, 11) is 1.64. The van der Waals surface area contributed by atoms with Crippen LogP contribution in [0.15, 0.2) is 53.1 Å². The molecule has 2 aromatic carbocycles. The van der Waals surface area contributed by atoms with E-state index < -0.39 is 0 Å². The second kappa shape index (κ2) is 8.34. The van der Waals surface area contributed by atoms with E-state index in [9.17, 15) is 0 Å². The fourth-order valence-corrected chi connectivity index (χ4v) is 2.92. The quantitative estimate of drug-likeness (QED) is 0.641. The Labute approximate surface area is 158 Å². The van der Waals surface area contributed by atoms with Crippen LogP contribution >= 0.6 is 11.6 Å². The van der Waals surface area contributed by atoms with Crippen molar-refractivity contribution < 1.29 is 9.26 Å². The maximum atomic E-state index is 5.99. The smallest absolute Gasteiger partial charge is 0.240 e. The minimum atomic E-state index is 0.170. The average molecular weight is 372 g/mol. The fourth-order valence-electron chi connectivity index (χ4n) is 2.79. The van der Waals surface area contributed by atoms with Gasteiger partial charge in [-0.05, 0) is 47.9 Å². The van der Waals surface area contributed by atoms with Gasteiger partial charge in [-0.3, -0.25) is 0 Å². The number of nitrogens with one attached hydrogen (secondary N) is 1. The topological polar surface area (TPSA) is 60.2 Å². The molecular weight excluding hydrogens is 350 g/mol. The molecule has 1 atom stereocenters. The van der Waals surface area contributed by atoms with E-state index in [0.717, 1.165) is 16.3 Å². The molecule has 0 radical (unpaired) electrons. The zero-order valence-corrected chi connectivity index (χ0v) is 15.8. The largest absolute Gasteiger partial charge is 0.497 e. The van der Waals surface area contributed by atoms with Crippen LogP contribution in [0.2, 0.25) is 5.02 Å². The monoisotopic (exact) mass is 371 g/mol. The van der Waals surface area contributed by atoms with Gasteiger partial charge in [-0.15, -0.1) is 0 Å². The predicted molar refractivity (Wildman–Crippen MR) is 102 cm³/mol. The van der Waals surface area contributed by atoms with E-state index in [-0.39, 0.29) is 6.04 Å². The van der Waals surface area contributed by atoms with Crippen LogP contribution in [0.5, 0.6) is 5.75 Å². The first kappa shape index (κ1) is 18.4. The van der Waals surface area contributed by atoms with E-state index in [0.29, 0.717) is 24.2 Å². The highest BCUT2D eigenvalue weighted by molar-refractivity contribution is 6.30. The molecule has 0 aliphatic heterocycles. The maximum Gasteiger partial charge on any atom is 0.240 e. The molecule has 1 unspecified atom stereocenters. The van der Waals surface area contributed by atoms with Crippen molar-refractivity contribution in [2.24, 2.45) is 5.92 Å². The molecule has 0 aliphatic carbocycles. The van der Waals surface area contributed by atoms with Gasteiger partial charge in [0.05, 0.1) is 13.7 Å². The third-order valence-electron chi connectivity index (χ3n) is 4.19. The Kier molecular flexibility index (Phi) is 5.91. The van der Waals surface area contributed by atoms with Gasteiger partial charge >= 0.3 is 0 Å². The lowest BCUT2D eigenvalue weighted by Crippen LogP contribution is -2.25. The van der Waals surface area contributed by atoms with Crippen LogP contribution in [0.4, 0.5) is 0 Å². The molecular formula is C20H22ClN3O2. The van der Waals surface area contributed by atoms with Gasteiger partial charge in [0.25, 0.3) is 0 Å². The molecule has 5 nitrogen and oxygen atoms in total. The molecule has 3 rings (SSSR count). The third-order valence-corrected chi connectivity index (χ3v) is 4.44. The van der Waals surface area contributed by atoms with Crippen LogP contribution in [0.3, 0.4) is 0 Å². The van der Waals surface area contributed by atoms with Gasteiger partial charge in [0, 0.05) is 16.6 Å². The Balaban J connectivity index is 1.68. The Morgan fingerprint density at radius 3 is 2.38 bits per heavy atom. The molecule has 0 spiro atoms. The summed E-state index contributed by atoms with van der Waals surface area (Å²) in [5.41, 5.74) is 2.07. The molecule has 136 valence electrons. The first-order valence-electron chi connectivity index (χ1n) is 8.52. The van der Waals surface area contributed by atoms with Crippen molar-refractivity contribution in [2.75, 3.05) is 7.11 Å². The van der Waals surface area contributed by atoms with Crippen molar-refractivity contribution in [2.45, 2.75) is 26.4 Å². The molecule has 0 saturated heterocycles. The van der Waals surface area contributed by atoms with Gasteiger partial charge in [-0.25, -0.2) is 0 Å². The highest BCUT2D eigenvalue weighted by atomic mass is 35.5. The first-order chi connectivity index (χ1) is 12.6. The molecule has 0 bridgehead atoms. The molecule has 3 aromatic rings. The zero-order chi connectivity index (χ0) is 18.5. The number of aromatic nitrogens is 2. The van der Waals surface area contributed by atoms with Gasteiger partial charge in [0.2, 0.25) is 11.7 Å². The second-order valence-corrected chi connectivity index (χ2v) is 6.83. The summed E-state index contributed by atoms with van der Waals surface area (Å²) in [5, 5.41) is 8.29. The van der Waals surface area contributed by atoms with E-state index in [1.807, 2.05) is 48.5 Å². The fraction of sp³-hybridized carbons (Fsp3) is 0.300. The molecule has 1 N–H and O–H groups in total. The van der Waals surface area contributed by atoms with Gasteiger partial charge in [-0.2, -0.15) is 4.98 Å². The van der Waals surface area contributed by atoms with Gasteiger partial charge in [-0.1, -0.05) is 42.7 Å². The highest BCUT2D eigenvalue weighted by Gasteiger charge is 2.17. The van der Waals surface area contributed by atoms with Crippen molar-refractivity contribution in [3.05, 3.63) is 65.0 Å². The number of benzene rings is 2. The summed E-state index contributed by atoms with van der Waals surface area (Å²) >= 11 is 5.99. The van der Waals surface area contributed by atoms with E-state index in [2.05, 4.69) is 29.3 Å². The molecule has 0 aliphatic rings. The third kappa shape index (κ3) is 4.42. The van der Waals surface area contributed by atoms with Crippen molar-refractivity contribution in [1.29, 1.82) is 0 Å². The summed E-state index contributed by atoms with van der Waals surface area (Å²) in [5.74, 6) is 2.31. The molecule has 26 heavy (non-hydrogen) atoms. The number of rotatable bonds is 7. The lowest BCUT2D eigenvalue weighted by Gasteiger charge is -2.22. The molecule has 0 fully saturated rings. The van der Waals surface area contributed by atoms with E-state index in [4.69, 9.17) is 20.9 Å². The Hall–Kier alpha value is -2.37. The SMILES string of the molecule is COc1ccc(-c2noc(CNC(c3ccc(Cl)cc3)C(C)C)n2)cc1. The van der Waals surface area contributed by atoms with Gasteiger partial charge < -0.3 is 14.6 Å². The number of nitrogens with zero attached hydrogens (tertiary/aromatic N) is 2. The number of hydrogen-bond acceptors (Lipinski definition) is 5. The Morgan fingerprint density at radius 1 is 1.08 bits per heavy atom. The van der Waals surface area contributed by atoms with Crippen molar-refractivity contribution in [3.63, 3.8) is 0 Å². The summed E-state index contributed by atoms with van der Waals surface area (Å²) in [6.07, 6.45) is 0. The summed E-state index contributed by atoms with van der Waals surface area (Å²) in [6, 6.07) is 15.6. The van der Waals surface area contributed by atoms with Crippen molar-refractivity contribution in [3.8, 4) is 17.1 Å². The average Bonchev–Trinajstić information content (AvgIpc) is 3.12. The highest BCUT2D eigenvalue weighted by Crippen LogP contribution is 2.24. The van der Waals surface area contributed by atoms with Crippen LogP contribution in [-0.4, -0.2) is 17.3 Å². The standard InChI is InChI=1S/C20H22ClN3O2/c1-13(2)19(14-4-8-16(21)9-5-14)22-12-18-23-20(24-26-18)15-6-10-17(25-3)11-7-15/h4-11,13,19,22H,12H2,1-3H3. The van der Waals surface area contributed by atoms with Crippen LogP contribution in [-0.2, 0) is 6.54 Å². The van der Waals surface area contributed by atoms with Crippen LogP contribution < -0.4 is 10.1 Å². The number of halogens is 1. The maximum absolute atomic E-state index is 5.99. The lowest BCUT2D eigenvalue weighted by molar-refractivity contribution is 0.338. The summed E-state index contributed by atoms with van der Waals surface area (Å²) < 4.78 is 10.5. The summed E-state index contributed by atoms with van der Waals surface area (Å²) in [6.45, 7) is 4.83. The minimum Gasteiger partial charge on any atom is -0.497 e. The Bertz CT molecular complexity index is 829. The van der Waals surface area contributed by atoms with Gasteiger partial charge in [0.1, 0.15) is 5.75 Å².